The first kappa shape index (κ1) is 16.7. The molecule has 0 bridgehead atoms. The average molecular weight is 325 g/mol. The van der Waals surface area contributed by atoms with E-state index in [9.17, 15) is 18.0 Å². The highest BCUT2D eigenvalue weighted by Gasteiger charge is 2.30. The van der Waals surface area contributed by atoms with Gasteiger partial charge in [0.1, 0.15) is 6.33 Å². The molecule has 2 rings (SSSR count). The summed E-state index contributed by atoms with van der Waals surface area (Å²) in [7, 11) is 0. The van der Waals surface area contributed by atoms with Crippen LogP contribution in [0.25, 0.3) is 17.6 Å². The zero-order valence-electron chi connectivity index (χ0n) is 12.4. The van der Waals surface area contributed by atoms with Gasteiger partial charge < -0.3 is 4.74 Å². The number of ether oxygens (including phenoxy) is 1. The van der Waals surface area contributed by atoms with Crippen LogP contribution in [0, 0.1) is 0 Å². The Morgan fingerprint density at radius 1 is 1.35 bits per heavy atom. The van der Waals surface area contributed by atoms with Crippen LogP contribution in [-0.2, 0) is 15.7 Å². The number of aromatic nitrogens is 3. The number of alkyl halides is 3. The topological polar surface area (TPSA) is 57.0 Å². The zero-order valence-corrected chi connectivity index (χ0v) is 12.4. The van der Waals surface area contributed by atoms with Crippen LogP contribution < -0.4 is 0 Å². The summed E-state index contributed by atoms with van der Waals surface area (Å²) in [5.41, 5.74) is -0.542. The van der Waals surface area contributed by atoms with Crippen molar-refractivity contribution < 1.29 is 22.7 Å². The zero-order chi connectivity index (χ0) is 17.0. The molecule has 1 aromatic heterocycles. The maximum Gasteiger partial charge on any atom is 0.416 e. The molecule has 0 fully saturated rings. The number of carbonyl (C=O) groups excluding carboxylic acids is 1. The minimum atomic E-state index is -4.43. The van der Waals surface area contributed by atoms with Gasteiger partial charge in [-0.15, -0.1) is 5.10 Å². The fourth-order valence-electron chi connectivity index (χ4n) is 1.72. The van der Waals surface area contributed by atoms with E-state index in [4.69, 9.17) is 4.74 Å². The van der Waals surface area contributed by atoms with Crippen molar-refractivity contribution in [2.45, 2.75) is 26.1 Å². The lowest BCUT2D eigenvalue weighted by Gasteiger charge is -2.06. The Morgan fingerprint density at radius 2 is 2.09 bits per heavy atom. The number of rotatable bonds is 4. The number of halogens is 3. The molecule has 0 saturated heterocycles. The molecular formula is C15H14F3N3O2. The molecule has 23 heavy (non-hydrogen) atoms. The van der Waals surface area contributed by atoms with Crippen LogP contribution in [0.15, 0.2) is 36.7 Å². The second kappa shape index (κ2) is 6.64. The van der Waals surface area contributed by atoms with Crippen LogP contribution in [0.4, 0.5) is 13.2 Å². The van der Waals surface area contributed by atoms with Gasteiger partial charge in [0.15, 0.2) is 5.82 Å². The summed E-state index contributed by atoms with van der Waals surface area (Å²) < 4.78 is 44.2. The molecule has 0 aliphatic carbocycles. The van der Waals surface area contributed by atoms with Gasteiger partial charge in [0.25, 0.3) is 0 Å². The molecule has 8 heteroatoms. The van der Waals surface area contributed by atoms with Crippen LogP contribution in [0.2, 0.25) is 0 Å². The molecule has 0 N–H and O–H groups in total. The van der Waals surface area contributed by atoms with E-state index in [2.05, 4.69) is 10.1 Å². The number of esters is 1. The van der Waals surface area contributed by atoms with Crippen molar-refractivity contribution in [3.63, 3.8) is 0 Å². The van der Waals surface area contributed by atoms with Crippen molar-refractivity contribution in [3.8, 4) is 11.4 Å². The van der Waals surface area contributed by atoms with Crippen LogP contribution >= 0.6 is 0 Å². The smallest absolute Gasteiger partial charge is 0.416 e. The molecule has 0 unspecified atom stereocenters. The number of carbonyl (C=O) groups is 1. The Morgan fingerprint density at radius 3 is 2.74 bits per heavy atom. The Labute approximate surface area is 130 Å². The Balaban J connectivity index is 2.17. The molecule has 0 saturated carbocycles. The normalized spacial score (nSPS) is 12.1. The number of hydrogen-bond donors (Lipinski definition) is 0. The van der Waals surface area contributed by atoms with Crippen molar-refractivity contribution in [1.82, 2.24) is 14.8 Å². The van der Waals surface area contributed by atoms with Crippen molar-refractivity contribution in [1.29, 1.82) is 0 Å². The summed E-state index contributed by atoms with van der Waals surface area (Å²) in [5, 5.41) is 4.00. The maximum atomic E-state index is 12.7. The first-order valence-electron chi connectivity index (χ1n) is 6.73. The molecular weight excluding hydrogens is 311 g/mol. The minimum absolute atomic E-state index is 0.123. The summed E-state index contributed by atoms with van der Waals surface area (Å²) in [6.45, 7) is 3.43. The van der Waals surface area contributed by atoms with Gasteiger partial charge in [-0.05, 0) is 26.0 Å². The number of hydrogen-bond acceptors (Lipinski definition) is 4. The maximum absolute atomic E-state index is 12.7. The van der Waals surface area contributed by atoms with Gasteiger partial charge in [0.05, 0.1) is 11.7 Å². The van der Waals surface area contributed by atoms with Gasteiger partial charge in [-0.1, -0.05) is 12.1 Å². The Kier molecular flexibility index (Phi) is 4.83. The Bertz CT molecular complexity index is 721. The lowest BCUT2D eigenvalue weighted by Crippen LogP contribution is -2.08. The quantitative estimate of drug-likeness (QED) is 0.639. The first-order valence-corrected chi connectivity index (χ1v) is 6.73. The Hall–Kier alpha value is -2.64. The summed E-state index contributed by atoms with van der Waals surface area (Å²) in [5.74, 6) is -0.422. The number of benzene rings is 1. The predicted octanol–water partition coefficient (Wildman–Crippen LogP) is 3.39. The molecule has 0 aliphatic rings. The van der Waals surface area contributed by atoms with Crippen LogP contribution in [0.5, 0.6) is 0 Å². The molecule has 1 aromatic carbocycles. The lowest BCUT2D eigenvalue weighted by molar-refractivity contribution is -0.141. The van der Waals surface area contributed by atoms with Crippen molar-refractivity contribution in [2.24, 2.45) is 0 Å². The third-order valence-electron chi connectivity index (χ3n) is 2.67. The third-order valence-corrected chi connectivity index (χ3v) is 2.67. The van der Waals surface area contributed by atoms with Crippen molar-refractivity contribution in [3.05, 3.63) is 42.2 Å². The van der Waals surface area contributed by atoms with Crippen LogP contribution in [0.1, 0.15) is 19.4 Å². The molecule has 2 aromatic rings. The minimum Gasteiger partial charge on any atom is -0.460 e. The molecule has 0 spiro atoms. The molecule has 0 amide bonds. The van der Waals surface area contributed by atoms with E-state index in [1.54, 1.807) is 13.8 Å². The molecule has 5 nitrogen and oxygen atoms in total. The van der Waals surface area contributed by atoms with Crippen LogP contribution in [-0.4, -0.2) is 26.8 Å². The monoisotopic (exact) mass is 325 g/mol. The van der Waals surface area contributed by atoms with Gasteiger partial charge in [-0.3, -0.25) is 0 Å². The largest absolute Gasteiger partial charge is 0.460 e. The lowest BCUT2D eigenvalue weighted by atomic mass is 10.1. The highest BCUT2D eigenvalue weighted by Crippen LogP contribution is 2.31. The summed E-state index contributed by atoms with van der Waals surface area (Å²) in [4.78, 5) is 15.3. The molecule has 0 radical (unpaired) electrons. The molecule has 0 aliphatic heterocycles. The van der Waals surface area contributed by atoms with Gasteiger partial charge in [-0.2, -0.15) is 13.2 Å². The summed E-state index contributed by atoms with van der Waals surface area (Å²) >= 11 is 0. The SMILES string of the molecule is CC(C)OC(=O)/C=C\n1cnc(-c2cccc(C(F)(F)F)c2)n1. The highest BCUT2D eigenvalue weighted by molar-refractivity contribution is 5.85. The van der Waals surface area contributed by atoms with E-state index < -0.39 is 17.7 Å². The highest BCUT2D eigenvalue weighted by atomic mass is 19.4. The molecule has 0 atom stereocenters. The van der Waals surface area contributed by atoms with E-state index in [-0.39, 0.29) is 17.5 Å². The van der Waals surface area contributed by atoms with Gasteiger partial charge >= 0.3 is 12.1 Å². The predicted molar refractivity (Wildman–Crippen MR) is 77.0 cm³/mol. The molecule has 122 valence electrons. The first-order chi connectivity index (χ1) is 10.8. The van der Waals surface area contributed by atoms with E-state index >= 15 is 0 Å². The second-order valence-corrected chi connectivity index (χ2v) is 4.93. The van der Waals surface area contributed by atoms with E-state index in [1.165, 1.54) is 29.3 Å². The fourth-order valence-corrected chi connectivity index (χ4v) is 1.72. The van der Waals surface area contributed by atoms with Gasteiger partial charge in [0, 0.05) is 17.8 Å². The van der Waals surface area contributed by atoms with Crippen molar-refractivity contribution >= 4 is 12.2 Å². The number of nitrogens with zero attached hydrogens (tertiary/aromatic N) is 3. The van der Waals surface area contributed by atoms with E-state index in [0.29, 0.717) is 0 Å². The molecule has 1 heterocycles. The average Bonchev–Trinajstić information content (AvgIpc) is 2.92. The standard InChI is InChI=1S/C15H14F3N3O2/c1-10(2)23-13(22)6-7-21-9-19-14(20-21)11-4-3-5-12(8-11)15(16,17)18/h3-10H,1-2H3/b7-6-. The third kappa shape index (κ3) is 4.67. The summed E-state index contributed by atoms with van der Waals surface area (Å²) in [6, 6.07) is 4.71. The fraction of sp³-hybridized carbons (Fsp3) is 0.267. The second-order valence-electron chi connectivity index (χ2n) is 4.93. The van der Waals surface area contributed by atoms with E-state index in [0.717, 1.165) is 18.2 Å². The van der Waals surface area contributed by atoms with E-state index in [1.807, 2.05) is 0 Å². The summed E-state index contributed by atoms with van der Waals surface area (Å²) in [6.07, 6.45) is -0.920. The van der Waals surface area contributed by atoms with Gasteiger partial charge in [0.2, 0.25) is 0 Å². The van der Waals surface area contributed by atoms with Crippen LogP contribution in [0.3, 0.4) is 0 Å². The van der Waals surface area contributed by atoms with Gasteiger partial charge in [-0.25, -0.2) is 14.5 Å². The van der Waals surface area contributed by atoms with Crippen molar-refractivity contribution in [2.75, 3.05) is 0 Å².